The van der Waals surface area contributed by atoms with E-state index in [2.05, 4.69) is 0 Å². The van der Waals surface area contributed by atoms with Crippen LogP contribution in [0.15, 0.2) is 12.2 Å². The van der Waals surface area contributed by atoms with Crippen LogP contribution in [0.25, 0.3) is 0 Å². The summed E-state index contributed by atoms with van der Waals surface area (Å²) in [6, 6.07) is 0. The van der Waals surface area contributed by atoms with Crippen LogP contribution in [0.4, 0.5) is 0 Å². The fraction of sp³-hybridized carbons (Fsp3) is 0.667. The molecule has 0 rings (SSSR count). The van der Waals surface area contributed by atoms with Crippen LogP contribution >= 0.6 is 0 Å². The fourth-order valence-electron chi connectivity index (χ4n) is 0.759. The molecule has 0 saturated carbocycles. The van der Waals surface area contributed by atoms with Crippen molar-refractivity contribution >= 4 is 5.97 Å². The third kappa shape index (κ3) is 4.91. The Morgan fingerprint density at radius 2 is 2.08 bits per heavy atom. The highest BCUT2D eigenvalue weighted by molar-refractivity contribution is 5.71. The van der Waals surface area contributed by atoms with Gasteiger partial charge >= 0.3 is 5.97 Å². The van der Waals surface area contributed by atoms with E-state index in [4.69, 9.17) is 4.74 Å². The van der Waals surface area contributed by atoms with Crippen molar-refractivity contribution < 1.29 is 14.6 Å². The van der Waals surface area contributed by atoms with E-state index in [-0.39, 0.29) is 0 Å². The van der Waals surface area contributed by atoms with Gasteiger partial charge in [0.25, 0.3) is 0 Å². The lowest BCUT2D eigenvalue weighted by Gasteiger charge is -2.20. The van der Waals surface area contributed by atoms with Crippen LogP contribution in [0.5, 0.6) is 0 Å². The van der Waals surface area contributed by atoms with Crippen molar-refractivity contribution in [1.29, 1.82) is 0 Å². The molecule has 69 valence electrons. The Bertz CT molecular complexity index is 171. The minimum Gasteiger partial charge on any atom is -0.454 e. The molecule has 0 bridgehead atoms. The number of allylic oxidation sites excluding steroid dienone is 1. The van der Waals surface area contributed by atoms with E-state index in [1.807, 2.05) is 13.0 Å². The number of carbonyl (C=O) groups excluding carboxylic acids is 1. The van der Waals surface area contributed by atoms with Gasteiger partial charge in [0, 0.05) is 0 Å². The molecule has 0 aromatic carbocycles. The molecule has 0 fully saturated rings. The molecule has 0 saturated heterocycles. The topological polar surface area (TPSA) is 46.2 Å². The van der Waals surface area contributed by atoms with E-state index in [0.717, 1.165) is 6.42 Å². The van der Waals surface area contributed by atoms with E-state index < -0.39 is 18.2 Å². The average molecular weight is 171 g/mol. The molecule has 0 aromatic rings. The average Bonchev–Trinajstić information content (AvgIpc) is 2.00. The first-order chi connectivity index (χ1) is 5.52. The molecule has 0 heterocycles. The monoisotopic (exact) mass is 171 g/mol. The van der Waals surface area contributed by atoms with Gasteiger partial charge in [-0.3, -0.25) is 0 Å². The Hall–Kier alpha value is -0.830. The van der Waals surface area contributed by atoms with Crippen molar-refractivity contribution in [3.05, 3.63) is 12.2 Å². The standard InChI is InChI=1S/C9H15O3/c1-4-5-6-9(2,3)12-8(11)7-10/h5-6H,4,7H2,1-3H3/b6-5+. The third-order valence-corrected chi connectivity index (χ3v) is 1.25. The van der Waals surface area contributed by atoms with Gasteiger partial charge in [-0.25, -0.2) is 9.90 Å². The molecule has 0 aliphatic rings. The van der Waals surface area contributed by atoms with Gasteiger partial charge in [0.05, 0.1) is 0 Å². The smallest absolute Gasteiger partial charge is 0.336 e. The highest BCUT2D eigenvalue weighted by Gasteiger charge is 2.18. The van der Waals surface area contributed by atoms with Gasteiger partial charge in [-0.2, -0.15) is 0 Å². The zero-order valence-corrected chi connectivity index (χ0v) is 7.79. The fourth-order valence-corrected chi connectivity index (χ4v) is 0.759. The molecular weight excluding hydrogens is 156 g/mol. The molecule has 0 spiro atoms. The zero-order chi connectivity index (χ0) is 9.61. The number of hydrogen-bond acceptors (Lipinski definition) is 2. The normalized spacial score (nSPS) is 12.0. The van der Waals surface area contributed by atoms with Crippen LogP contribution in [-0.4, -0.2) is 18.2 Å². The summed E-state index contributed by atoms with van der Waals surface area (Å²) in [6.07, 6.45) is 4.57. The molecule has 0 aliphatic carbocycles. The molecule has 0 aliphatic heterocycles. The predicted molar refractivity (Wildman–Crippen MR) is 45.2 cm³/mol. The molecule has 0 N–H and O–H groups in total. The highest BCUT2D eigenvalue weighted by Crippen LogP contribution is 2.11. The lowest BCUT2D eigenvalue weighted by Crippen LogP contribution is -2.26. The summed E-state index contributed by atoms with van der Waals surface area (Å²) < 4.78 is 4.85. The maximum Gasteiger partial charge on any atom is 0.336 e. The van der Waals surface area contributed by atoms with Gasteiger partial charge < -0.3 is 4.74 Å². The van der Waals surface area contributed by atoms with E-state index in [1.165, 1.54) is 0 Å². The maximum atomic E-state index is 10.6. The van der Waals surface area contributed by atoms with Crippen LogP contribution in [-0.2, 0) is 14.6 Å². The summed E-state index contributed by atoms with van der Waals surface area (Å²) in [5.41, 5.74) is -0.655. The lowest BCUT2D eigenvalue weighted by molar-refractivity contribution is -0.157. The summed E-state index contributed by atoms with van der Waals surface area (Å²) in [6.45, 7) is 4.66. The van der Waals surface area contributed by atoms with Crippen molar-refractivity contribution in [3.8, 4) is 0 Å². The Morgan fingerprint density at radius 3 is 2.50 bits per heavy atom. The quantitative estimate of drug-likeness (QED) is 0.477. The van der Waals surface area contributed by atoms with Gasteiger partial charge in [0.1, 0.15) is 5.60 Å². The second-order valence-electron chi connectivity index (χ2n) is 3.03. The van der Waals surface area contributed by atoms with Gasteiger partial charge in [0.2, 0.25) is 0 Å². The van der Waals surface area contributed by atoms with Gasteiger partial charge in [-0.15, -0.1) is 0 Å². The zero-order valence-electron chi connectivity index (χ0n) is 7.79. The maximum absolute atomic E-state index is 10.6. The Kier molecular flexibility index (Phi) is 4.59. The number of carbonyl (C=O) groups is 1. The molecule has 12 heavy (non-hydrogen) atoms. The number of esters is 1. The summed E-state index contributed by atoms with van der Waals surface area (Å²) >= 11 is 0. The lowest BCUT2D eigenvalue weighted by atomic mass is 10.1. The second-order valence-corrected chi connectivity index (χ2v) is 3.03. The van der Waals surface area contributed by atoms with Crippen molar-refractivity contribution in [1.82, 2.24) is 0 Å². The number of rotatable bonds is 4. The van der Waals surface area contributed by atoms with Crippen LogP contribution in [0, 0.1) is 0 Å². The molecule has 0 atom stereocenters. The van der Waals surface area contributed by atoms with Crippen molar-refractivity contribution in [2.45, 2.75) is 32.8 Å². The Balaban J connectivity index is 4.03. The van der Waals surface area contributed by atoms with Crippen LogP contribution in [0.1, 0.15) is 27.2 Å². The molecule has 0 aromatic heterocycles. The summed E-state index contributed by atoms with van der Waals surface area (Å²) in [4.78, 5) is 10.6. The van der Waals surface area contributed by atoms with Gasteiger partial charge in [0.15, 0.2) is 6.61 Å². The van der Waals surface area contributed by atoms with Crippen LogP contribution in [0.3, 0.4) is 0 Å². The molecule has 0 amide bonds. The van der Waals surface area contributed by atoms with Crippen molar-refractivity contribution in [2.75, 3.05) is 6.61 Å². The van der Waals surface area contributed by atoms with Crippen LogP contribution in [0.2, 0.25) is 0 Å². The second kappa shape index (κ2) is 4.93. The Labute approximate surface area is 73.0 Å². The van der Waals surface area contributed by atoms with E-state index in [1.54, 1.807) is 19.9 Å². The first-order valence-corrected chi connectivity index (χ1v) is 3.99. The minimum absolute atomic E-state index is 0.655. The Morgan fingerprint density at radius 1 is 1.50 bits per heavy atom. The summed E-state index contributed by atoms with van der Waals surface area (Å²) in [7, 11) is 0. The third-order valence-electron chi connectivity index (χ3n) is 1.25. The molecule has 0 unspecified atom stereocenters. The van der Waals surface area contributed by atoms with Crippen LogP contribution < -0.4 is 0 Å². The molecular formula is C9H15O3. The summed E-state index contributed by atoms with van der Waals surface area (Å²) in [5, 5.41) is 10.1. The number of hydrogen-bond donors (Lipinski definition) is 0. The molecule has 3 nitrogen and oxygen atoms in total. The van der Waals surface area contributed by atoms with Crippen molar-refractivity contribution in [3.63, 3.8) is 0 Å². The summed E-state index contributed by atoms with van der Waals surface area (Å²) in [5.74, 6) is -0.708. The van der Waals surface area contributed by atoms with Crippen molar-refractivity contribution in [2.24, 2.45) is 0 Å². The largest absolute Gasteiger partial charge is 0.454 e. The minimum atomic E-state index is -0.816. The van der Waals surface area contributed by atoms with Gasteiger partial charge in [-0.05, 0) is 26.3 Å². The number of ether oxygens (including phenoxy) is 1. The highest BCUT2D eigenvalue weighted by atomic mass is 16.6. The van der Waals surface area contributed by atoms with Gasteiger partial charge in [-0.1, -0.05) is 13.0 Å². The first-order valence-electron chi connectivity index (χ1n) is 3.99. The SMILES string of the molecule is CC/C=C/C(C)(C)OC(=O)C[O]. The predicted octanol–water partition coefficient (Wildman–Crippen LogP) is 1.70. The molecule has 1 radical (unpaired) electrons. The van der Waals surface area contributed by atoms with E-state index in [9.17, 15) is 9.90 Å². The first kappa shape index (κ1) is 11.2. The van der Waals surface area contributed by atoms with E-state index >= 15 is 0 Å². The van der Waals surface area contributed by atoms with E-state index in [0.29, 0.717) is 0 Å². The molecule has 3 heteroatoms.